The Morgan fingerprint density at radius 3 is 2.21 bits per heavy atom. The molecule has 0 atom stereocenters. The molecule has 0 spiro atoms. The minimum atomic E-state index is -3.81. The van der Waals surface area contributed by atoms with E-state index in [1.165, 1.54) is 30.5 Å². The highest BCUT2D eigenvalue weighted by Gasteiger charge is 2.19. The fraction of sp³-hybridized carbons (Fsp3) is 0.267. The SMILES string of the molecule is CN(C)c1ncc(NS(=O)(=O)c2ccc(C#N)cc2)c(N(C)C)n1. The van der Waals surface area contributed by atoms with Crippen LogP contribution in [0.2, 0.25) is 0 Å². The Kier molecular flexibility index (Phi) is 4.90. The molecule has 24 heavy (non-hydrogen) atoms. The summed E-state index contributed by atoms with van der Waals surface area (Å²) in [6.07, 6.45) is 1.43. The van der Waals surface area contributed by atoms with Crippen LogP contribution in [0.15, 0.2) is 35.4 Å². The molecule has 0 aliphatic rings. The third kappa shape index (κ3) is 3.72. The van der Waals surface area contributed by atoms with Crippen LogP contribution in [0.4, 0.5) is 17.5 Å². The molecule has 0 aliphatic heterocycles. The van der Waals surface area contributed by atoms with E-state index in [1.54, 1.807) is 38.0 Å². The first kappa shape index (κ1) is 17.5. The average molecular weight is 346 g/mol. The van der Waals surface area contributed by atoms with Crippen LogP contribution in [0.1, 0.15) is 5.56 Å². The summed E-state index contributed by atoms with van der Waals surface area (Å²) in [6, 6.07) is 7.61. The van der Waals surface area contributed by atoms with Gasteiger partial charge in [-0.25, -0.2) is 13.4 Å². The zero-order valence-corrected chi connectivity index (χ0v) is 14.7. The Morgan fingerprint density at radius 1 is 1.08 bits per heavy atom. The molecule has 8 nitrogen and oxygen atoms in total. The Bertz CT molecular complexity index is 870. The van der Waals surface area contributed by atoms with Crippen molar-refractivity contribution in [1.82, 2.24) is 9.97 Å². The summed E-state index contributed by atoms with van der Waals surface area (Å²) in [5.74, 6) is 0.922. The van der Waals surface area contributed by atoms with E-state index in [9.17, 15) is 8.42 Å². The van der Waals surface area contributed by atoms with Gasteiger partial charge in [0.25, 0.3) is 10.0 Å². The van der Waals surface area contributed by atoms with Gasteiger partial charge < -0.3 is 9.80 Å². The number of sulfonamides is 1. The Balaban J connectivity index is 2.40. The van der Waals surface area contributed by atoms with Crippen molar-refractivity contribution in [3.63, 3.8) is 0 Å². The highest BCUT2D eigenvalue weighted by molar-refractivity contribution is 7.92. The van der Waals surface area contributed by atoms with Crippen LogP contribution in [0.5, 0.6) is 0 Å². The smallest absolute Gasteiger partial charge is 0.262 e. The normalized spacial score (nSPS) is 10.8. The summed E-state index contributed by atoms with van der Waals surface area (Å²) in [6.45, 7) is 0. The second-order valence-corrected chi connectivity index (χ2v) is 7.12. The fourth-order valence-corrected chi connectivity index (χ4v) is 2.95. The van der Waals surface area contributed by atoms with Crippen molar-refractivity contribution < 1.29 is 8.42 Å². The topological polar surface area (TPSA) is 102 Å². The molecule has 2 rings (SSSR count). The van der Waals surface area contributed by atoms with Gasteiger partial charge in [-0.3, -0.25) is 4.72 Å². The molecule has 0 bridgehead atoms. The number of nitrogens with zero attached hydrogens (tertiary/aromatic N) is 5. The first-order valence-electron chi connectivity index (χ1n) is 6.99. The van der Waals surface area contributed by atoms with E-state index >= 15 is 0 Å². The zero-order chi connectivity index (χ0) is 17.9. The number of nitriles is 1. The third-order valence-electron chi connectivity index (χ3n) is 3.12. The van der Waals surface area contributed by atoms with Gasteiger partial charge >= 0.3 is 0 Å². The van der Waals surface area contributed by atoms with Crippen LogP contribution in [0.3, 0.4) is 0 Å². The number of benzene rings is 1. The summed E-state index contributed by atoms with van der Waals surface area (Å²) in [5, 5.41) is 8.79. The average Bonchev–Trinajstić information content (AvgIpc) is 2.54. The molecule has 126 valence electrons. The van der Waals surface area contributed by atoms with E-state index in [0.29, 0.717) is 17.3 Å². The maximum absolute atomic E-state index is 12.5. The van der Waals surface area contributed by atoms with E-state index in [1.807, 2.05) is 6.07 Å². The van der Waals surface area contributed by atoms with Crippen molar-refractivity contribution in [2.75, 3.05) is 42.7 Å². The molecule has 0 saturated heterocycles. The molecule has 1 aromatic heterocycles. The highest BCUT2D eigenvalue weighted by Crippen LogP contribution is 2.25. The van der Waals surface area contributed by atoms with Gasteiger partial charge in [0.15, 0.2) is 5.82 Å². The quantitative estimate of drug-likeness (QED) is 0.870. The molecule has 0 saturated carbocycles. The second-order valence-electron chi connectivity index (χ2n) is 5.44. The van der Waals surface area contributed by atoms with Gasteiger partial charge in [0.2, 0.25) is 5.95 Å². The number of aromatic nitrogens is 2. The maximum Gasteiger partial charge on any atom is 0.262 e. The monoisotopic (exact) mass is 346 g/mol. The van der Waals surface area contributed by atoms with Gasteiger partial charge in [-0.2, -0.15) is 10.2 Å². The van der Waals surface area contributed by atoms with Gasteiger partial charge in [-0.1, -0.05) is 0 Å². The minimum absolute atomic E-state index is 0.0582. The molecule has 0 amide bonds. The maximum atomic E-state index is 12.5. The molecule has 1 heterocycles. The number of anilines is 3. The third-order valence-corrected chi connectivity index (χ3v) is 4.50. The molecule has 9 heteroatoms. The van der Waals surface area contributed by atoms with Crippen molar-refractivity contribution in [3.05, 3.63) is 36.0 Å². The molecule has 1 aromatic carbocycles. The minimum Gasteiger partial charge on any atom is -0.361 e. The van der Waals surface area contributed by atoms with Gasteiger partial charge in [-0.05, 0) is 24.3 Å². The van der Waals surface area contributed by atoms with Crippen LogP contribution in [-0.4, -0.2) is 46.6 Å². The van der Waals surface area contributed by atoms with E-state index < -0.39 is 10.0 Å². The summed E-state index contributed by atoms with van der Waals surface area (Å²) in [5.41, 5.74) is 0.663. The van der Waals surface area contributed by atoms with Gasteiger partial charge in [0.05, 0.1) is 22.7 Å². The largest absolute Gasteiger partial charge is 0.361 e. The van der Waals surface area contributed by atoms with Crippen LogP contribution < -0.4 is 14.5 Å². The standard InChI is InChI=1S/C15H18N6O2S/c1-20(2)14-13(10-17-15(18-14)21(3)4)19-24(22,23)12-7-5-11(9-16)6-8-12/h5-8,10,19H,1-4H3. The summed E-state index contributed by atoms with van der Waals surface area (Å²) >= 11 is 0. The number of nitrogens with one attached hydrogen (secondary N) is 1. The number of rotatable bonds is 5. The van der Waals surface area contributed by atoms with E-state index in [4.69, 9.17) is 5.26 Å². The lowest BCUT2D eigenvalue weighted by Gasteiger charge is -2.19. The molecule has 1 N–H and O–H groups in total. The first-order valence-corrected chi connectivity index (χ1v) is 8.47. The van der Waals surface area contributed by atoms with Crippen molar-refractivity contribution in [2.24, 2.45) is 0 Å². The van der Waals surface area contributed by atoms with Gasteiger partial charge in [0, 0.05) is 28.2 Å². The van der Waals surface area contributed by atoms with E-state index in [0.717, 1.165) is 0 Å². The van der Waals surface area contributed by atoms with Crippen LogP contribution >= 0.6 is 0 Å². The van der Waals surface area contributed by atoms with E-state index in [-0.39, 0.29) is 10.6 Å². The molecule has 0 radical (unpaired) electrons. The van der Waals surface area contributed by atoms with Crippen molar-refractivity contribution >= 4 is 27.5 Å². The van der Waals surface area contributed by atoms with Crippen molar-refractivity contribution in [3.8, 4) is 6.07 Å². The zero-order valence-electron chi connectivity index (χ0n) is 13.8. The Labute approximate surface area is 141 Å². The first-order chi connectivity index (χ1) is 11.2. The summed E-state index contributed by atoms with van der Waals surface area (Å²) < 4.78 is 27.5. The predicted molar refractivity (Wildman–Crippen MR) is 92.7 cm³/mol. The molecular weight excluding hydrogens is 328 g/mol. The van der Waals surface area contributed by atoms with Crippen LogP contribution in [-0.2, 0) is 10.0 Å². The molecule has 0 fully saturated rings. The van der Waals surface area contributed by atoms with Crippen molar-refractivity contribution in [1.29, 1.82) is 5.26 Å². The lowest BCUT2D eigenvalue weighted by Crippen LogP contribution is -2.21. The molecular formula is C15H18N6O2S. The van der Waals surface area contributed by atoms with E-state index in [2.05, 4.69) is 14.7 Å². The Hall–Kier alpha value is -2.86. The number of hydrogen-bond acceptors (Lipinski definition) is 7. The predicted octanol–water partition coefficient (Wildman–Crippen LogP) is 1.28. The Morgan fingerprint density at radius 2 is 1.71 bits per heavy atom. The number of hydrogen-bond donors (Lipinski definition) is 1. The van der Waals surface area contributed by atoms with Crippen molar-refractivity contribution in [2.45, 2.75) is 4.90 Å². The lowest BCUT2D eigenvalue weighted by atomic mass is 10.2. The van der Waals surface area contributed by atoms with Gasteiger partial charge in [-0.15, -0.1) is 0 Å². The molecule has 2 aromatic rings. The lowest BCUT2D eigenvalue weighted by molar-refractivity contribution is 0.601. The van der Waals surface area contributed by atoms with Crippen LogP contribution in [0.25, 0.3) is 0 Å². The second kappa shape index (κ2) is 6.72. The van der Waals surface area contributed by atoms with Crippen LogP contribution in [0, 0.1) is 11.3 Å². The summed E-state index contributed by atoms with van der Waals surface area (Å²) in [7, 11) is 3.33. The molecule has 0 aliphatic carbocycles. The van der Waals surface area contributed by atoms with Gasteiger partial charge in [0.1, 0.15) is 5.69 Å². The molecule has 0 unspecified atom stereocenters. The highest BCUT2D eigenvalue weighted by atomic mass is 32.2. The fourth-order valence-electron chi connectivity index (χ4n) is 1.90. The summed E-state index contributed by atoms with van der Waals surface area (Å²) in [4.78, 5) is 12.0.